The molecule has 1 aromatic rings. The van der Waals surface area contributed by atoms with Crippen molar-refractivity contribution in [2.45, 2.75) is 25.5 Å². The normalized spacial score (nSPS) is 19.3. The van der Waals surface area contributed by atoms with Gasteiger partial charge in [0.2, 0.25) is 0 Å². The smallest absolute Gasteiger partial charge is 0.148 e. The number of nitrogens with one attached hydrogen (secondary N) is 1. The standard InChI is InChI=1S/C8H15N5OS/c9-10-8-7(11-12-15-8)5-13-3-1-6(14)2-4-13/h6,10,14H,1-5,9H2. The molecule has 84 valence electrons. The summed E-state index contributed by atoms with van der Waals surface area (Å²) in [5.74, 6) is 5.34. The molecule has 0 radical (unpaired) electrons. The van der Waals surface area contributed by atoms with Gasteiger partial charge < -0.3 is 10.5 Å². The number of hydrogen-bond acceptors (Lipinski definition) is 7. The highest BCUT2D eigenvalue weighted by atomic mass is 32.1. The van der Waals surface area contributed by atoms with Crippen LogP contribution >= 0.6 is 11.5 Å². The van der Waals surface area contributed by atoms with Crippen molar-refractivity contribution in [2.24, 2.45) is 5.84 Å². The lowest BCUT2D eigenvalue weighted by molar-refractivity contribution is 0.0787. The van der Waals surface area contributed by atoms with Gasteiger partial charge in [0.15, 0.2) is 0 Å². The van der Waals surface area contributed by atoms with Crippen LogP contribution in [-0.2, 0) is 6.54 Å². The number of anilines is 1. The van der Waals surface area contributed by atoms with E-state index in [9.17, 15) is 5.11 Å². The summed E-state index contributed by atoms with van der Waals surface area (Å²) < 4.78 is 3.85. The number of hydrogen-bond donors (Lipinski definition) is 3. The van der Waals surface area contributed by atoms with E-state index in [-0.39, 0.29) is 6.10 Å². The number of aliphatic hydroxyl groups excluding tert-OH is 1. The Hall–Kier alpha value is -0.760. The second-order valence-corrected chi connectivity index (χ2v) is 4.45. The predicted octanol–water partition coefficient (Wildman–Crippen LogP) is -0.220. The number of aromatic nitrogens is 2. The van der Waals surface area contributed by atoms with Crippen LogP contribution in [0.5, 0.6) is 0 Å². The molecule has 1 aromatic heterocycles. The Labute approximate surface area is 92.2 Å². The predicted molar refractivity (Wildman–Crippen MR) is 58.2 cm³/mol. The first-order chi connectivity index (χ1) is 7.29. The summed E-state index contributed by atoms with van der Waals surface area (Å²) in [6.07, 6.45) is 1.54. The monoisotopic (exact) mass is 229 g/mol. The SMILES string of the molecule is NNc1snnc1CN1CCC(O)CC1. The molecule has 0 spiro atoms. The Bertz CT molecular complexity index is 310. The Morgan fingerprint density at radius 1 is 1.53 bits per heavy atom. The maximum Gasteiger partial charge on any atom is 0.148 e. The van der Waals surface area contributed by atoms with Crippen LogP contribution in [0, 0.1) is 0 Å². The molecule has 1 saturated heterocycles. The number of nitrogens with two attached hydrogens (primary N) is 1. The van der Waals surface area contributed by atoms with Crippen molar-refractivity contribution in [1.29, 1.82) is 0 Å². The lowest BCUT2D eigenvalue weighted by Crippen LogP contribution is -2.35. The topological polar surface area (TPSA) is 87.3 Å². The van der Waals surface area contributed by atoms with Gasteiger partial charge in [-0.25, -0.2) is 5.84 Å². The van der Waals surface area contributed by atoms with Crippen LogP contribution < -0.4 is 11.3 Å². The minimum atomic E-state index is -0.137. The summed E-state index contributed by atoms with van der Waals surface area (Å²) in [7, 11) is 0. The highest BCUT2D eigenvalue weighted by molar-refractivity contribution is 7.10. The number of piperidine rings is 1. The number of hydrazine groups is 1. The summed E-state index contributed by atoms with van der Waals surface area (Å²) in [6, 6.07) is 0. The van der Waals surface area contributed by atoms with Crippen LogP contribution in [0.1, 0.15) is 18.5 Å². The summed E-state index contributed by atoms with van der Waals surface area (Å²) >= 11 is 1.27. The van der Waals surface area contributed by atoms with Gasteiger partial charge in [-0.2, -0.15) is 0 Å². The number of nitrogens with zero attached hydrogens (tertiary/aromatic N) is 3. The van der Waals surface area contributed by atoms with Gasteiger partial charge in [-0.1, -0.05) is 4.49 Å². The fourth-order valence-corrected chi connectivity index (χ4v) is 2.20. The Morgan fingerprint density at radius 3 is 2.93 bits per heavy atom. The van der Waals surface area contributed by atoms with Gasteiger partial charge in [0.05, 0.1) is 6.10 Å². The number of nitrogen functional groups attached to an aromatic ring is 1. The molecule has 6 nitrogen and oxygen atoms in total. The van der Waals surface area contributed by atoms with Gasteiger partial charge in [0.25, 0.3) is 0 Å². The zero-order valence-electron chi connectivity index (χ0n) is 8.39. The summed E-state index contributed by atoms with van der Waals surface area (Å²) in [6.45, 7) is 2.56. The number of aliphatic hydroxyl groups is 1. The summed E-state index contributed by atoms with van der Waals surface area (Å²) in [5, 5.41) is 14.2. The first kappa shape index (κ1) is 10.7. The molecule has 0 saturated carbocycles. The molecule has 1 aliphatic rings. The molecule has 7 heteroatoms. The third-order valence-corrected chi connectivity index (χ3v) is 3.32. The van der Waals surface area contributed by atoms with Gasteiger partial charge in [-0.3, -0.25) is 4.90 Å². The second kappa shape index (κ2) is 4.84. The fourth-order valence-electron chi connectivity index (χ4n) is 1.71. The van der Waals surface area contributed by atoms with Crippen LogP contribution in [-0.4, -0.2) is 38.8 Å². The molecule has 0 aliphatic carbocycles. The molecule has 0 atom stereocenters. The molecule has 0 amide bonds. The molecule has 1 aliphatic heterocycles. The van der Waals surface area contributed by atoms with E-state index >= 15 is 0 Å². The molecule has 2 rings (SSSR count). The minimum absolute atomic E-state index is 0.137. The van der Waals surface area contributed by atoms with Crippen molar-refractivity contribution in [3.63, 3.8) is 0 Å². The fraction of sp³-hybridized carbons (Fsp3) is 0.750. The first-order valence-electron chi connectivity index (χ1n) is 4.98. The highest BCUT2D eigenvalue weighted by Gasteiger charge is 2.19. The third kappa shape index (κ3) is 2.63. The van der Waals surface area contributed by atoms with Crippen molar-refractivity contribution < 1.29 is 5.11 Å². The van der Waals surface area contributed by atoms with E-state index in [4.69, 9.17) is 5.84 Å². The molecule has 0 aromatic carbocycles. The van der Waals surface area contributed by atoms with E-state index in [0.717, 1.165) is 43.2 Å². The van der Waals surface area contributed by atoms with Crippen molar-refractivity contribution in [1.82, 2.24) is 14.5 Å². The molecule has 0 bridgehead atoms. The minimum Gasteiger partial charge on any atom is -0.393 e. The van der Waals surface area contributed by atoms with Crippen LogP contribution in [0.4, 0.5) is 5.00 Å². The Morgan fingerprint density at radius 2 is 2.27 bits per heavy atom. The van der Waals surface area contributed by atoms with Crippen molar-refractivity contribution in [3.05, 3.63) is 5.69 Å². The van der Waals surface area contributed by atoms with Crippen LogP contribution in [0.25, 0.3) is 0 Å². The first-order valence-corrected chi connectivity index (χ1v) is 5.75. The lowest BCUT2D eigenvalue weighted by atomic mass is 10.1. The van der Waals surface area contributed by atoms with Gasteiger partial charge in [-0.15, -0.1) is 5.10 Å². The number of likely N-dealkylation sites (tertiary alicyclic amines) is 1. The average molecular weight is 229 g/mol. The van der Waals surface area contributed by atoms with Crippen LogP contribution in [0.3, 0.4) is 0 Å². The molecule has 2 heterocycles. The van der Waals surface area contributed by atoms with Gasteiger partial charge in [-0.05, 0) is 12.8 Å². The summed E-state index contributed by atoms with van der Waals surface area (Å²) in [4.78, 5) is 2.25. The maximum absolute atomic E-state index is 9.37. The van der Waals surface area contributed by atoms with E-state index in [1.807, 2.05) is 0 Å². The molecule has 1 fully saturated rings. The van der Waals surface area contributed by atoms with Crippen molar-refractivity contribution in [3.8, 4) is 0 Å². The Balaban J connectivity index is 1.91. The van der Waals surface area contributed by atoms with Gasteiger partial charge in [0, 0.05) is 31.2 Å². The largest absolute Gasteiger partial charge is 0.393 e. The number of rotatable bonds is 3. The Kier molecular flexibility index (Phi) is 3.47. The maximum atomic E-state index is 9.37. The second-order valence-electron chi connectivity index (χ2n) is 3.70. The summed E-state index contributed by atoms with van der Waals surface area (Å²) in [5.41, 5.74) is 3.48. The molecule has 4 N–H and O–H groups in total. The van der Waals surface area contributed by atoms with Crippen LogP contribution in [0.15, 0.2) is 0 Å². The van der Waals surface area contributed by atoms with Crippen molar-refractivity contribution >= 4 is 16.5 Å². The molecular weight excluding hydrogens is 214 g/mol. The van der Waals surface area contributed by atoms with E-state index < -0.39 is 0 Å². The van der Waals surface area contributed by atoms with Gasteiger partial charge >= 0.3 is 0 Å². The van der Waals surface area contributed by atoms with E-state index in [1.165, 1.54) is 11.5 Å². The zero-order chi connectivity index (χ0) is 10.7. The highest BCUT2D eigenvalue weighted by Crippen LogP contribution is 2.19. The quantitative estimate of drug-likeness (QED) is 0.490. The van der Waals surface area contributed by atoms with Crippen molar-refractivity contribution in [2.75, 3.05) is 18.5 Å². The van der Waals surface area contributed by atoms with Crippen LogP contribution in [0.2, 0.25) is 0 Å². The zero-order valence-corrected chi connectivity index (χ0v) is 9.20. The molecular formula is C8H15N5OS. The molecule has 15 heavy (non-hydrogen) atoms. The third-order valence-electron chi connectivity index (χ3n) is 2.62. The van der Waals surface area contributed by atoms with Gasteiger partial charge in [0.1, 0.15) is 10.7 Å². The average Bonchev–Trinajstić information content (AvgIpc) is 2.69. The lowest BCUT2D eigenvalue weighted by Gasteiger charge is -2.28. The van der Waals surface area contributed by atoms with E-state index in [2.05, 4.69) is 19.9 Å². The van der Waals surface area contributed by atoms with E-state index in [1.54, 1.807) is 0 Å². The molecule has 0 unspecified atom stereocenters. The van der Waals surface area contributed by atoms with E-state index in [0.29, 0.717) is 0 Å².